The van der Waals surface area contributed by atoms with Crippen LogP contribution in [-0.2, 0) is 0 Å². The summed E-state index contributed by atoms with van der Waals surface area (Å²) in [4.78, 5) is 0. The van der Waals surface area contributed by atoms with Gasteiger partial charge in [-0.3, -0.25) is 0 Å². The molecule has 21 heavy (non-hydrogen) atoms. The summed E-state index contributed by atoms with van der Waals surface area (Å²) in [5.74, 6) is 0. The molecular formula is C19H42N2. The lowest BCUT2D eigenvalue weighted by molar-refractivity contribution is 0.487. The van der Waals surface area contributed by atoms with E-state index < -0.39 is 0 Å². The van der Waals surface area contributed by atoms with E-state index in [4.69, 9.17) is 11.5 Å². The molecule has 0 bridgehead atoms. The van der Waals surface area contributed by atoms with Gasteiger partial charge in [0.05, 0.1) is 0 Å². The number of hydrogen-bond acceptors (Lipinski definition) is 2. The Labute approximate surface area is 134 Å². The van der Waals surface area contributed by atoms with E-state index in [1.54, 1.807) is 0 Å². The first kappa shape index (κ1) is 20.9. The molecule has 0 rings (SSSR count). The van der Waals surface area contributed by atoms with E-state index in [1.165, 1.54) is 96.3 Å². The van der Waals surface area contributed by atoms with Crippen LogP contribution in [0.1, 0.15) is 110 Å². The molecular weight excluding hydrogens is 256 g/mol. The van der Waals surface area contributed by atoms with Crippen molar-refractivity contribution in [2.45, 2.75) is 122 Å². The Hall–Kier alpha value is -0.0800. The Morgan fingerprint density at radius 2 is 0.952 bits per heavy atom. The molecule has 0 saturated heterocycles. The van der Waals surface area contributed by atoms with Gasteiger partial charge in [-0.25, -0.2) is 0 Å². The Kier molecular flexibility index (Phi) is 16.2. The lowest BCUT2D eigenvalue weighted by atomic mass is 10.0. The van der Waals surface area contributed by atoms with Gasteiger partial charge in [0, 0.05) is 12.1 Å². The van der Waals surface area contributed by atoms with Crippen molar-refractivity contribution in [2.24, 2.45) is 11.5 Å². The zero-order chi connectivity index (χ0) is 15.8. The van der Waals surface area contributed by atoms with Gasteiger partial charge >= 0.3 is 0 Å². The molecule has 0 aromatic carbocycles. The van der Waals surface area contributed by atoms with Crippen LogP contribution in [0.25, 0.3) is 0 Å². The topological polar surface area (TPSA) is 52.0 Å². The summed E-state index contributed by atoms with van der Waals surface area (Å²) in [7, 11) is 0. The van der Waals surface area contributed by atoms with E-state index in [-0.39, 0.29) is 0 Å². The predicted octanol–water partition coefficient (Wildman–Crippen LogP) is 5.53. The van der Waals surface area contributed by atoms with Crippen LogP contribution < -0.4 is 11.5 Å². The van der Waals surface area contributed by atoms with Crippen molar-refractivity contribution < 1.29 is 0 Å². The number of nitrogens with two attached hydrogens (primary N) is 2. The average Bonchev–Trinajstić information content (AvgIpc) is 2.44. The molecule has 0 fully saturated rings. The quantitative estimate of drug-likeness (QED) is 0.368. The van der Waals surface area contributed by atoms with Gasteiger partial charge in [0.2, 0.25) is 0 Å². The van der Waals surface area contributed by atoms with Crippen molar-refractivity contribution in [2.75, 3.05) is 0 Å². The molecule has 2 heteroatoms. The minimum Gasteiger partial charge on any atom is -0.328 e. The maximum Gasteiger partial charge on any atom is 0.00388 e. The van der Waals surface area contributed by atoms with Gasteiger partial charge in [-0.1, -0.05) is 84.0 Å². The number of unbranched alkanes of at least 4 members (excludes halogenated alkanes) is 10. The average molecular weight is 299 g/mol. The Morgan fingerprint density at radius 1 is 0.571 bits per heavy atom. The normalized spacial score (nSPS) is 14.3. The standard InChI is InChI=1S/C19H42N2/c1-3-4-12-16-19(21)17-14-11-9-7-5-6-8-10-13-15-18(2)20/h18-19H,3-17,20-21H2,1-2H3. The van der Waals surface area contributed by atoms with Gasteiger partial charge in [0.25, 0.3) is 0 Å². The summed E-state index contributed by atoms with van der Waals surface area (Å²) in [5, 5.41) is 0. The van der Waals surface area contributed by atoms with Gasteiger partial charge in [0.15, 0.2) is 0 Å². The maximum absolute atomic E-state index is 6.14. The summed E-state index contributed by atoms with van der Waals surface area (Å²) in [5.41, 5.74) is 11.9. The van der Waals surface area contributed by atoms with Crippen LogP contribution in [0.15, 0.2) is 0 Å². The monoisotopic (exact) mass is 298 g/mol. The second-order valence-corrected chi connectivity index (χ2v) is 6.99. The second kappa shape index (κ2) is 16.3. The van der Waals surface area contributed by atoms with E-state index in [0.717, 1.165) is 0 Å². The first-order chi connectivity index (χ1) is 10.2. The van der Waals surface area contributed by atoms with Crippen molar-refractivity contribution in [1.82, 2.24) is 0 Å². The highest BCUT2D eigenvalue weighted by molar-refractivity contribution is 4.61. The van der Waals surface area contributed by atoms with Crippen molar-refractivity contribution in [1.29, 1.82) is 0 Å². The minimum atomic E-state index is 0.387. The Bertz CT molecular complexity index is 192. The lowest BCUT2D eigenvalue weighted by Gasteiger charge is -2.10. The van der Waals surface area contributed by atoms with E-state index in [0.29, 0.717) is 12.1 Å². The highest BCUT2D eigenvalue weighted by atomic mass is 14.6. The van der Waals surface area contributed by atoms with E-state index in [9.17, 15) is 0 Å². The molecule has 2 nitrogen and oxygen atoms in total. The molecule has 0 spiro atoms. The molecule has 128 valence electrons. The first-order valence-corrected chi connectivity index (χ1v) is 9.68. The van der Waals surface area contributed by atoms with Crippen molar-refractivity contribution in [3.05, 3.63) is 0 Å². The molecule has 2 atom stereocenters. The maximum atomic E-state index is 6.14. The predicted molar refractivity (Wildman–Crippen MR) is 96.6 cm³/mol. The van der Waals surface area contributed by atoms with Gasteiger partial charge in [-0.2, -0.15) is 0 Å². The van der Waals surface area contributed by atoms with Crippen LogP contribution >= 0.6 is 0 Å². The van der Waals surface area contributed by atoms with Gasteiger partial charge in [-0.05, 0) is 26.2 Å². The SMILES string of the molecule is CCCCCC(N)CCCCCCCCCCCC(C)N. The Morgan fingerprint density at radius 3 is 1.38 bits per heavy atom. The molecule has 0 aromatic rings. The zero-order valence-corrected chi connectivity index (χ0v) is 14.9. The second-order valence-electron chi connectivity index (χ2n) is 6.99. The van der Waals surface area contributed by atoms with Crippen LogP contribution in [-0.4, -0.2) is 12.1 Å². The van der Waals surface area contributed by atoms with Gasteiger partial charge < -0.3 is 11.5 Å². The van der Waals surface area contributed by atoms with E-state index in [2.05, 4.69) is 13.8 Å². The highest BCUT2D eigenvalue weighted by Gasteiger charge is 2.01. The molecule has 0 aromatic heterocycles. The van der Waals surface area contributed by atoms with Crippen LogP contribution in [0.3, 0.4) is 0 Å². The third kappa shape index (κ3) is 17.9. The summed E-state index contributed by atoms with van der Waals surface area (Å²) in [6.07, 6.45) is 20.1. The van der Waals surface area contributed by atoms with Crippen LogP contribution in [0, 0.1) is 0 Å². The van der Waals surface area contributed by atoms with Gasteiger partial charge in [-0.15, -0.1) is 0 Å². The third-order valence-electron chi connectivity index (χ3n) is 4.41. The molecule has 0 amide bonds. The molecule has 0 aliphatic heterocycles. The number of hydrogen-bond donors (Lipinski definition) is 2. The molecule has 0 aliphatic rings. The van der Waals surface area contributed by atoms with Crippen molar-refractivity contribution >= 4 is 0 Å². The Balaban J connectivity index is 3.08. The fourth-order valence-electron chi connectivity index (χ4n) is 2.91. The fourth-order valence-corrected chi connectivity index (χ4v) is 2.91. The molecule has 0 radical (unpaired) electrons. The van der Waals surface area contributed by atoms with Crippen LogP contribution in [0.5, 0.6) is 0 Å². The molecule has 0 heterocycles. The van der Waals surface area contributed by atoms with Crippen LogP contribution in [0.4, 0.5) is 0 Å². The highest BCUT2D eigenvalue weighted by Crippen LogP contribution is 2.13. The summed E-state index contributed by atoms with van der Waals surface area (Å²) in [6, 6.07) is 0.847. The third-order valence-corrected chi connectivity index (χ3v) is 4.41. The molecule has 4 N–H and O–H groups in total. The van der Waals surface area contributed by atoms with E-state index >= 15 is 0 Å². The van der Waals surface area contributed by atoms with Crippen molar-refractivity contribution in [3.63, 3.8) is 0 Å². The summed E-state index contributed by atoms with van der Waals surface area (Å²) in [6.45, 7) is 4.36. The fraction of sp³-hybridized carbons (Fsp3) is 1.00. The molecule has 0 saturated carbocycles. The lowest BCUT2D eigenvalue weighted by Crippen LogP contribution is -2.19. The first-order valence-electron chi connectivity index (χ1n) is 9.68. The van der Waals surface area contributed by atoms with Crippen LogP contribution in [0.2, 0.25) is 0 Å². The number of rotatable bonds is 16. The molecule has 0 aliphatic carbocycles. The minimum absolute atomic E-state index is 0.387. The van der Waals surface area contributed by atoms with Crippen molar-refractivity contribution in [3.8, 4) is 0 Å². The summed E-state index contributed by atoms with van der Waals surface area (Å²) < 4.78 is 0. The zero-order valence-electron chi connectivity index (χ0n) is 14.9. The largest absolute Gasteiger partial charge is 0.328 e. The summed E-state index contributed by atoms with van der Waals surface area (Å²) >= 11 is 0. The van der Waals surface area contributed by atoms with Gasteiger partial charge in [0.1, 0.15) is 0 Å². The van der Waals surface area contributed by atoms with E-state index in [1.807, 2.05) is 0 Å². The molecule has 2 unspecified atom stereocenters. The smallest absolute Gasteiger partial charge is 0.00388 e.